The van der Waals surface area contributed by atoms with Gasteiger partial charge >= 0.3 is 77.4 Å². The molecule has 0 N–H and O–H groups in total. The number of fused-ring (bicyclic) bond motifs is 12. The van der Waals surface area contributed by atoms with Crippen LogP contribution in [0.1, 0.15) is 101 Å². The average Bonchev–Trinajstić information content (AvgIpc) is 1.57. The van der Waals surface area contributed by atoms with E-state index in [2.05, 4.69) is 82.7 Å². The van der Waals surface area contributed by atoms with Crippen LogP contribution in [0.3, 0.4) is 0 Å². The minimum Gasteiger partial charge on any atom is -0.487 e. The maximum absolute atomic E-state index is 10.7. The van der Waals surface area contributed by atoms with Gasteiger partial charge in [-0.15, -0.1) is 0 Å². The summed E-state index contributed by atoms with van der Waals surface area (Å²) in [6, 6.07) is 48.1. The second-order valence-corrected chi connectivity index (χ2v) is 35.2. The molecule has 0 aromatic heterocycles. The quantitative estimate of drug-likeness (QED) is 0.0836. The molecule has 3 heterocycles. The maximum Gasteiger partial charge on any atom is 0.385 e. The van der Waals surface area contributed by atoms with Gasteiger partial charge in [-0.25, -0.2) is 0 Å². The summed E-state index contributed by atoms with van der Waals surface area (Å²) in [5.41, 5.74) is 15.2. The fraction of sp³-hybridized carbons (Fsp3) is 0.470. The number of ether oxygens (including phenoxy) is 24. The molecule has 0 bridgehead atoms. The Morgan fingerprint density at radius 3 is 0.361 bits per heavy atom. The minimum atomic E-state index is -10.7. The Kier molecular flexibility index (Phi) is 50.9. The normalized spacial score (nSPS) is 17.2. The van der Waals surface area contributed by atoms with Gasteiger partial charge in [-0.2, -0.15) is 26.3 Å². The van der Waals surface area contributed by atoms with Crippen molar-refractivity contribution in [3.8, 4) is 110 Å². The summed E-state index contributed by atoms with van der Waals surface area (Å²) < 4.78 is 272. The molecule has 8 aromatic carbocycles. The zero-order valence-corrected chi connectivity index (χ0v) is 83.8. The van der Waals surface area contributed by atoms with E-state index in [0.717, 1.165) is 77.9 Å². The van der Waals surface area contributed by atoms with Crippen LogP contribution in [0.5, 0.6) is 69.0 Å². The second kappa shape index (κ2) is 61.7. The van der Waals surface area contributed by atoms with Gasteiger partial charge in [0.1, 0.15) is 79.3 Å². The van der Waals surface area contributed by atoms with E-state index in [1.807, 2.05) is 24.3 Å². The summed E-state index contributed by atoms with van der Waals surface area (Å²) in [6.07, 6.45) is 2.97. The summed E-state index contributed by atoms with van der Waals surface area (Å²) in [5, 5.41) is 53.7. The van der Waals surface area contributed by atoms with Crippen LogP contribution in [0.25, 0.3) is 21.1 Å². The fourth-order valence-electron chi connectivity index (χ4n) is 14.3. The van der Waals surface area contributed by atoms with Crippen LogP contribution in [0.15, 0.2) is 121 Å². The van der Waals surface area contributed by atoms with Gasteiger partial charge in [-0.3, -0.25) is 0 Å². The molecule has 0 saturated carbocycles. The molecular weight excluding hydrogens is 2000 g/mol. The van der Waals surface area contributed by atoms with Crippen LogP contribution in [0.2, 0.25) is 0 Å². The van der Waals surface area contributed by atoms with Crippen LogP contribution < -0.4 is 56.8 Å². The molecule has 13 rings (SSSR count). The van der Waals surface area contributed by atoms with Crippen molar-refractivity contribution >= 4 is 27.0 Å². The molecule has 0 saturated heterocycles. The molecule has 47 heteroatoms. The third kappa shape index (κ3) is 50.4. The molecule has 0 amide bonds. The van der Waals surface area contributed by atoms with E-state index in [9.17, 15) is 50.4 Å². The fourth-order valence-corrected chi connectivity index (χ4v) is 14.3. The summed E-state index contributed by atoms with van der Waals surface area (Å²) in [6.45, 7) is 17.4. The third-order valence-corrected chi connectivity index (χ3v) is 20.2. The number of halogens is 12. The molecule has 0 unspecified atom stereocenters. The molecule has 0 fully saturated rings. The van der Waals surface area contributed by atoms with Gasteiger partial charge in [0.25, 0.3) is 0 Å². The molecule has 147 heavy (non-hydrogen) atoms. The molecule has 2 aliphatic carbocycles. The van der Waals surface area contributed by atoms with E-state index in [0.29, 0.717) is 198 Å². The Bertz CT molecular complexity index is 4740. The largest absolute Gasteiger partial charge is 0.487 e. The number of hydrogen-bond donors (Lipinski definition) is 0. The monoisotopic (exact) mass is 2120 g/mol. The standard InChI is InChI=1S/C78H96O24.C12H8N4.5C2H3N.2F6P/c1-2-80-14-26-92-69-45-57-39-61-49-73-77-53-65(61)42-66-54-78-75-51-63(66)40-59(57)46-70(69)94-28-16-82-4-3-81-15-27-93-68-44-56-38-60-48-72(96-30-18-84-7-9-87-21-33-99-75)76(100-34-22-88-11-12-90-24-36-102-78)52-64(60)41-62-50-74(98-32-20-86-8-10-89-23-35-101-77)71(95-29-17-83-5-6-85-19-31-97-73)47-58(62)37-55(56)43-67(68)91-25-13-79-1;13-15-11-5-1-9(2-6-11)10-3-7-12(16-14)8-4-10;5*1-2-3;2*1-7(2,3,4,5)6/h43-54H,1-42H2;1-8H;5*1H3;;/q;+2;;;;;;2*-1. The second-order valence-electron chi connectivity index (χ2n) is 31.3. The number of hydrogen-bond acceptors (Lipinski definition) is 31. The van der Waals surface area contributed by atoms with E-state index in [4.69, 9.17) is 151 Å². The minimum absolute atomic E-state index is 0.235. The number of diazo groups is 2. The Hall–Kier alpha value is -12.8. The Morgan fingerprint density at radius 2 is 0.272 bits per heavy atom. The van der Waals surface area contributed by atoms with Gasteiger partial charge in [0, 0.05) is 58.9 Å². The molecular formula is C100H119F12N9O24P2. The number of benzene rings is 8. The zero-order valence-electron chi connectivity index (χ0n) is 82.0. The predicted molar refractivity (Wildman–Crippen MR) is 516 cm³/mol. The van der Waals surface area contributed by atoms with Crippen molar-refractivity contribution in [2.75, 3.05) is 238 Å². The zero-order chi connectivity index (χ0) is 107. The first kappa shape index (κ1) is 121. The molecule has 802 valence electrons. The first-order chi connectivity index (χ1) is 70.4. The van der Waals surface area contributed by atoms with E-state index in [1.54, 1.807) is 54.6 Å². The summed E-state index contributed by atoms with van der Waals surface area (Å²) in [5.74, 6) is 6.72. The predicted octanol–water partition coefficient (Wildman–Crippen LogP) is 22.1. The maximum atomic E-state index is 9.87. The van der Waals surface area contributed by atoms with Crippen molar-refractivity contribution in [2.45, 2.75) is 73.1 Å². The van der Waals surface area contributed by atoms with E-state index in [1.165, 1.54) is 34.6 Å². The van der Waals surface area contributed by atoms with Crippen LogP contribution in [0.4, 0.5) is 61.7 Å². The Morgan fingerprint density at radius 1 is 0.184 bits per heavy atom. The van der Waals surface area contributed by atoms with Gasteiger partial charge in [0.15, 0.2) is 78.9 Å². The van der Waals surface area contributed by atoms with Crippen molar-refractivity contribution in [2.24, 2.45) is 0 Å². The van der Waals surface area contributed by atoms with Crippen molar-refractivity contribution < 1.29 is 164 Å². The molecule has 5 aliphatic rings. The van der Waals surface area contributed by atoms with E-state index >= 15 is 0 Å². The molecule has 8 aromatic rings. The van der Waals surface area contributed by atoms with Gasteiger partial charge in [0.2, 0.25) is 10.8 Å². The topological polar surface area (TPSA) is 397 Å². The Balaban J connectivity index is 0.000000539. The van der Waals surface area contributed by atoms with Crippen LogP contribution in [-0.2, 0) is 95.4 Å². The summed E-state index contributed by atoms with van der Waals surface area (Å²) in [7, 11) is -21.3. The first-order valence-electron chi connectivity index (χ1n) is 46.4. The number of nitrogens with zero attached hydrogens (tertiary/aromatic N) is 9. The van der Waals surface area contributed by atoms with Gasteiger partial charge in [-0.05, 0) is 213 Å². The van der Waals surface area contributed by atoms with Crippen LogP contribution in [-0.4, -0.2) is 238 Å². The van der Waals surface area contributed by atoms with E-state index in [-0.39, 0.29) is 159 Å². The first-order valence-corrected chi connectivity index (χ1v) is 50.5. The Labute approximate surface area is 843 Å². The van der Waals surface area contributed by atoms with Crippen molar-refractivity contribution in [1.82, 2.24) is 0 Å². The van der Waals surface area contributed by atoms with Crippen LogP contribution >= 0.6 is 15.6 Å². The van der Waals surface area contributed by atoms with Crippen molar-refractivity contribution in [3.63, 3.8) is 0 Å². The molecule has 0 atom stereocenters. The van der Waals surface area contributed by atoms with E-state index < -0.39 is 15.6 Å². The van der Waals surface area contributed by atoms with Crippen molar-refractivity contribution in [1.29, 1.82) is 37.1 Å². The van der Waals surface area contributed by atoms with Gasteiger partial charge in [0.05, 0.1) is 189 Å². The van der Waals surface area contributed by atoms with Gasteiger partial charge < -0.3 is 114 Å². The van der Waals surface area contributed by atoms with Crippen LogP contribution in [0, 0.1) is 67.4 Å². The SMILES string of the molecule is CC#N.CC#N.CC#N.CC#N.CC#N.F[P-](F)(F)(F)(F)F.F[P-](F)(F)(F)(F)F.N#[N+]c1ccc(-c2ccc([N+]#N)cc2)cc1.c1c2c3cc4c1OCCOCCOCCOc1cc5c(cc1OCCOCCOCCO4)Cc1cc4c6cc1Cc1cc7c(cc1C5)OCCOCCOCCOc1cc(c(cc1OCCOCCOCCO7)Cc1cc(c(cc1C3)OCCOCCOCCO4)OCCOCCOCCO6)C2. The number of nitriles is 5. The van der Waals surface area contributed by atoms with Gasteiger partial charge in [-0.1, -0.05) is 0 Å². The van der Waals surface area contributed by atoms with Crippen molar-refractivity contribution in [3.05, 3.63) is 198 Å². The molecule has 0 radical (unpaired) electrons. The summed E-state index contributed by atoms with van der Waals surface area (Å²) >= 11 is 0. The summed E-state index contributed by atoms with van der Waals surface area (Å²) in [4.78, 5) is 6.17. The number of rotatable bonds is 1. The third-order valence-electron chi connectivity index (χ3n) is 20.2. The average molecular weight is 2120 g/mol. The molecule has 33 nitrogen and oxygen atoms in total. The molecule has 3 aliphatic heterocycles. The molecule has 0 spiro atoms. The smallest absolute Gasteiger partial charge is 0.385 e.